The molecule has 36 heavy (non-hydrogen) atoms. The molecule has 2 aliphatic rings. The zero-order valence-corrected chi connectivity index (χ0v) is 19.3. The summed E-state index contributed by atoms with van der Waals surface area (Å²) in [6.07, 6.45) is -1.75. The van der Waals surface area contributed by atoms with Gasteiger partial charge in [-0.1, -0.05) is 36.4 Å². The van der Waals surface area contributed by atoms with Gasteiger partial charge in [0.1, 0.15) is 36.4 Å². The normalized spacial score (nSPS) is 23.2. The predicted molar refractivity (Wildman–Crippen MR) is 129 cm³/mol. The summed E-state index contributed by atoms with van der Waals surface area (Å²) >= 11 is 0. The van der Waals surface area contributed by atoms with E-state index in [1.807, 2.05) is 48.5 Å². The molecule has 2 fully saturated rings. The van der Waals surface area contributed by atoms with Gasteiger partial charge in [0, 0.05) is 17.7 Å². The lowest BCUT2D eigenvalue weighted by Crippen LogP contribution is -2.34. The third-order valence-electron chi connectivity index (χ3n) is 6.50. The van der Waals surface area contributed by atoms with Crippen LogP contribution >= 0.6 is 0 Å². The van der Waals surface area contributed by atoms with E-state index in [2.05, 4.69) is 9.97 Å². The van der Waals surface area contributed by atoms with Crippen LogP contribution in [-0.2, 0) is 9.47 Å². The van der Waals surface area contributed by atoms with E-state index >= 15 is 0 Å². The second-order valence-electron chi connectivity index (χ2n) is 8.88. The molecule has 0 radical (unpaired) electrons. The summed E-state index contributed by atoms with van der Waals surface area (Å²) in [5.41, 5.74) is 3.97. The van der Waals surface area contributed by atoms with Gasteiger partial charge >= 0.3 is 0 Å². The minimum atomic E-state index is -0.652. The second kappa shape index (κ2) is 9.51. The Bertz CT molecular complexity index is 1360. The number of aliphatic hydroxyl groups is 2. The molecule has 4 atom stereocenters. The van der Waals surface area contributed by atoms with Crippen LogP contribution in [0.1, 0.15) is 0 Å². The number of aromatic nitrogens is 2. The fourth-order valence-corrected chi connectivity index (χ4v) is 4.71. The molecule has 0 spiro atoms. The van der Waals surface area contributed by atoms with Crippen molar-refractivity contribution in [2.45, 2.75) is 24.4 Å². The summed E-state index contributed by atoms with van der Waals surface area (Å²) in [4.78, 5) is 7.59. The van der Waals surface area contributed by atoms with E-state index in [1.54, 1.807) is 6.07 Å². The Kier molecular flexibility index (Phi) is 6.06. The third kappa shape index (κ3) is 4.31. The Hall–Kier alpha value is -3.50. The summed E-state index contributed by atoms with van der Waals surface area (Å²) in [6, 6.07) is 18.2. The average Bonchev–Trinajstić information content (AvgIpc) is 3.59. The van der Waals surface area contributed by atoms with E-state index in [1.165, 1.54) is 6.07 Å². The molecule has 9 heteroatoms. The lowest BCUT2D eigenvalue weighted by Gasteiger charge is -2.16. The van der Waals surface area contributed by atoms with Crippen LogP contribution in [0.3, 0.4) is 0 Å². The molecule has 2 aromatic carbocycles. The Morgan fingerprint density at radius 2 is 1.64 bits per heavy atom. The quantitative estimate of drug-likeness (QED) is 0.364. The van der Waals surface area contributed by atoms with Gasteiger partial charge in [0.2, 0.25) is 0 Å². The lowest BCUT2D eigenvalue weighted by molar-refractivity contribution is 0.00794. The first-order valence-electron chi connectivity index (χ1n) is 11.8. The molecule has 6 rings (SSSR count). The molecule has 0 aliphatic carbocycles. The number of nitrogens with one attached hydrogen (secondary N) is 1. The van der Waals surface area contributed by atoms with Crippen molar-refractivity contribution in [1.29, 1.82) is 0 Å². The van der Waals surface area contributed by atoms with Crippen molar-refractivity contribution in [2.75, 3.05) is 26.4 Å². The summed E-state index contributed by atoms with van der Waals surface area (Å²) in [6.45, 7) is 0.744. The molecule has 186 valence electrons. The number of fused-ring (bicyclic) bond motifs is 2. The number of hydrogen-bond donors (Lipinski definition) is 3. The van der Waals surface area contributed by atoms with Gasteiger partial charge in [0.05, 0.1) is 30.9 Å². The van der Waals surface area contributed by atoms with Crippen LogP contribution < -0.4 is 9.47 Å². The van der Waals surface area contributed by atoms with E-state index < -0.39 is 11.9 Å². The van der Waals surface area contributed by atoms with E-state index in [9.17, 15) is 9.50 Å². The van der Waals surface area contributed by atoms with Gasteiger partial charge in [0.25, 0.3) is 0 Å². The highest BCUT2D eigenvalue weighted by molar-refractivity contribution is 5.81. The maximum atomic E-state index is 15.0. The molecule has 8 nitrogen and oxygen atoms in total. The zero-order chi connectivity index (χ0) is 24.6. The number of pyridine rings is 1. The molecular formula is C27H25FN2O6. The van der Waals surface area contributed by atoms with E-state index in [4.69, 9.17) is 24.1 Å². The van der Waals surface area contributed by atoms with E-state index in [-0.39, 0.29) is 43.8 Å². The highest BCUT2D eigenvalue weighted by Crippen LogP contribution is 2.32. The molecule has 4 aromatic rings. The van der Waals surface area contributed by atoms with Crippen LogP contribution in [0, 0.1) is 5.82 Å². The topological polar surface area (TPSA) is 106 Å². The largest absolute Gasteiger partial charge is 0.491 e. The molecular weight excluding hydrogens is 467 g/mol. The Balaban J connectivity index is 1.20. The van der Waals surface area contributed by atoms with E-state index in [0.29, 0.717) is 34.8 Å². The summed E-state index contributed by atoms with van der Waals surface area (Å²) < 4.78 is 37.6. The standard InChI is InChI=1S/C27H25FN2O6/c28-19-11-20-21(12-24(29-20)36-23-14-35-26-22(32)13-34-27(23)26)30-25(19)17-3-1-15(2-4-17)16-5-7-18(8-6-16)33-10-9-31/h1-8,11-12,22-23,26-27,29,31-32H,9-10,13-14H2/t22?,23?,26-,27-/m1/s1. The van der Waals surface area contributed by atoms with Crippen molar-refractivity contribution in [3.8, 4) is 34.0 Å². The van der Waals surface area contributed by atoms with Crippen LogP contribution in [0.4, 0.5) is 4.39 Å². The number of hydrogen-bond acceptors (Lipinski definition) is 7. The Labute approximate surface area is 206 Å². The number of nitrogens with zero attached hydrogens (tertiary/aromatic N) is 1. The first kappa shape index (κ1) is 22.9. The number of rotatable bonds is 7. The van der Waals surface area contributed by atoms with Crippen molar-refractivity contribution in [3.05, 3.63) is 66.5 Å². The second-order valence-corrected chi connectivity index (χ2v) is 8.88. The van der Waals surface area contributed by atoms with Gasteiger partial charge in [-0.05, 0) is 23.3 Å². The van der Waals surface area contributed by atoms with Gasteiger partial charge < -0.3 is 34.1 Å². The summed E-state index contributed by atoms with van der Waals surface area (Å²) in [7, 11) is 0. The van der Waals surface area contributed by atoms with Crippen LogP contribution in [0.15, 0.2) is 60.7 Å². The van der Waals surface area contributed by atoms with Crippen LogP contribution in [0.25, 0.3) is 33.4 Å². The first-order valence-corrected chi connectivity index (χ1v) is 11.8. The fraction of sp³-hybridized carbons (Fsp3) is 0.296. The summed E-state index contributed by atoms with van der Waals surface area (Å²) in [5, 5.41) is 18.8. The molecule has 0 saturated carbocycles. The number of benzene rings is 2. The van der Waals surface area contributed by atoms with Crippen molar-refractivity contribution in [3.63, 3.8) is 0 Å². The summed E-state index contributed by atoms with van der Waals surface area (Å²) in [5.74, 6) is 0.683. The molecule has 4 heterocycles. The van der Waals surface area contributed by atoms with Crippen LogP contribution in [-0.4, -0.2) is 71.0 Å². The Morgan fingerprint density at radius 3 is 2.39 bits per heavy atom. The lowest BCUT2D eigenvalue weighted by atomic mass is 10.0. The minimum absolute atomic E-state index is 0.0347. The highest BCUT2D eigenvalue weighted by atomic mass is 19.1. The fourth-order valence-electron chi connectivity index (χ4n) is 4.71. The van der Waals surface area contributed by atoms with Crippen molar-refractivity contribution >= 4 is 11.0 Å². The van der Waals surface area contributed by atoms with E-state index in [0.717, 1.165) is 11.1 Å². The highest BCUT2D eigenvalue weighted by Gasteiger charge is 2.48. The van der Waals surface area contributed by atoms with Gasteiger partial charge in [-0.15, -0.1) is 0 Å². The zero-order valence-electron chi connectivity index (χ0n) is 19.3. The van der Waals surface area contributed by atoms with Gasteiger partial charge in [-0.3, -0.25) is 0 Å². The van der Waals surface area contributed by atoms with Crippen LogP contribution in [0.2, 0.25) is 0 Å². The number of halogens is 1. The molecule has 0 bridgehead atoms. The first-order chi connectivity index (χ1) is 17.6. The maximum absolute atomic E-state index is 15.0. The van der Waals surface area contributed by atoms with Gasteiger partial charge in [-0.2, -0.15) is 0 Å². The molecule has 2 saturated heterocycles. The Morgan fingerprint density at radius 1 is 0.944 bits per heavy atom. The van der Waals surface area contributed by atoms with Crippen molar-refractivity contribution in [2.24, 2.45) is 0 Å². The molecule has 2 aromatic heterocycles. The number of aromatic amines is 1. The van der Waals surface area contributed by atoms with Gasteiger partial charge in [-0.25, -0.2) is 9.37 Å². The molecule has 3 N–H and O–H groups in total. The third-order valence-corrected chi connectivity index (χ3v) is 6.50. The number of H-pyrrole nitrogens is 1. The molecule has 0 amide bonds. The van der Waals surface area contributed by atoms with Crippen LogP contribution in [0.5, 0.6) is 11.6 Å². The average molecular weight is 493 g/mol. The van der Waals surface area contributed by atoms with Crippen molar-refractivity contribution < 1.29 is 33.6 Å². The maximum Gasteiger partial charge on any atom is 0.193 e. The molecule has 2 unspecified atom stereocenters. The number of ether oxygens (including phenoxy) is 4. The molecule has 2 aliphatic heterocycles. The SMILES string of the molecule is OCCOc1ccc(-c2ccc(-c3nc4cc(OC5CO[C@@H]6C(O)CO[C@H]56)[nH]c4cc3F)cc2)cc1. The number of aliphatic hydroxyl groups excluding tert-OH is 2. The monoisotopic (exact) mass is 492 g/mol. The smallest absolute Gasteiger partial charge is 0.193 e. The predicted octanol–water partition coefficient (Wildman–Crippen LogP) is 3.31. The van der Waals surface area contributed by atoms with Crippen molar-refractivity contribution in [1.82, 2.24) is 9.97 Å². The minimum Gasteiger partial charge on any atom is -0.491 e. The van der Waals surface area contributed by atoms with Gasteiger partial charge in [0.15, 0.2) is 17.8 Å².